The Bertz CT molecular complexity index is 747. The van der Waals surface area contributed by atoms with Gasteiger partial charge >= 0.3 is 0 Å². The van der Waals surface area contributed by atoms with Crippen molar-refractivity contribution >= 4 is 17.5 Å². The highest BCUT2D eigenvalue weighted by Crippen LogP contribution is 2.33. The van der Waals surface area contributed by atoms with Gasteiger partial charge in [0, 0.05) is 29.6 Å². The lowest BCUT2D eigenvalue weighted by Gasteiger charge is -2.24. The molecule has 1 aliphatic carbocycles. The quantitative estimate of drug-likeness (QED) is 0.841. The van der Waals surface area contributed by atoms with Crippen molar-refractivity contribution in [1.29, 1.82) is 0 Å². The fourth-order valence-corrected chi connectivity index (χ4v) is 4.14. The second-order valence-corrected chi connectivity index (χ2v) is 7.60. The van der Waals surface area contributed by atoms with E-state index in [2.05, 4.69) is 20.8 Å². The molecule has 6 nitrogen and oxygen atoms in total. The van der Waals surface area contributed by atoms with Gasteiger partial charge in [0.05, 0.1) is 6.04 Å². The Morgan fingerprint density at radius 2 is 2.08 bits per heavy atom. The van der Waals surface area contributed by atoms with Crippen LogP contribution in [0.25, 0.3) is 11.4 Å². The Labute approximate surface area is 157 Å². The number of nitrogens with zero attached hydrogens (tertiary/aromatic N) is 2. The molecule has 3 atom stereocenters. The van der Waals surface area contributed by atoms with E-state index < -0.39 is 0 Å². The first-order chi connectivity index (χ1) is 12.7. The van der Waals surface area contributed by atoms with Gasteiger partial charge in [0.15, 0.2) is 0 Å². The smallest absolute Gasteiger partial charge is 0.237 e. The van der Waals surface area contributed by atoms with Crippen molar-refractivity contribution < 1.29 is 9.32 Å². The van der Waals surface area contributed by atoms with Crippen molar-refractivity contribution in [2.24, 2.45) is 5.92 Å². The molecule has 2 aliphatic rings. The van der Waals surface area contributed by atoms with E-state index in [9.17, 15) is 4.79 Å². The second-order valence-electron chi connectivity index (χ2n) is 7.17. The number of nitrogens with one attached hydrogen (secondary N) is 2. The number of amides is 1. The molecule has 1 aliphatic heterocycles. The maximum Gasteiger partial charge on any atom is 0.237 e. The van der Waals surface area contributed by atoms with Crippen molar-refractivity contribution in [1.82, 2.24) is 20.8 Å². The Balaban J connectivity index is 1.26. The zero-order chi connectivity index (χ0) is 17.9. The largest absolute Gasteiger partial charge is 0.354 e. The molecule has 2 N–H and O–H groups in total. The minimum atomic E-state index is -0.0598. The molecule has 3 unspecified atom stereocenters. The van der Waals surface area contributed by atoms with Crippen molar-refractivity contribution in [2.45, 2.75) is 50.6 Å². The van der Waals surface area contributed by atoms with E-state index in [1.807, 2.05) is 12.1 Å². The van der Waals surface area contributed by atoms with E-state index in [0.29, 0.717) is 41.7 Å². The predicted octanol–water partition coefficient (Wildman–Crippen LogP) is 2.97. The van der Waals surface area contributed by atoms with Crippen LogP contribution in [0.2, 0.25) is 5.02 Å². The molecule has 4 rings (SSSR count). The van der Waals surface area contributed by atoms with Gasteiger partial charge in [-0.3, -0.25) is 4.79 Å². The van der Waals surface area contributed by atoms with Gasteiger partial charge in [0.1, 0.15) is 0 Å². The monoisotopic (exact) mass is 374 g/mol. The molecule has 0 bridgehead atoms. The number of carbonyl (C=O) groups excluding carboxylic acids is 1. The molecule has 1 aromatic carbocycles. The van der Waals surface area contributed by atoms with E-state index in [0.717, 1.165) is 12.0 Å². The molecule has 1 saturated carbocycles. The summed E-state index contributed by atoms with van der Waals surface area (Å²) in [6, 6.07) is 7.75. The van der Waals surface area contributed by atoms with Gasteiger partial charge in [-0.25, -0.2) is 0 Å². The number of carbonyl (C=O) groups is 1. The normalized spacial score (nSPS) is 25.0. The Hall–Kier alpha value is -1.92. The van der Waals surface area contributed by atoms with Crippen LogP contribution in [0.15, 0.2) is 28.8 Å². The van der Waals surface area contributed by atoms with Crippen LogP contribution in [0.4, 0.5) is 0 Å². The Morgan fingerprint density at radius 3 is 2.88 bits per heavy atom. The lowest BCUT2D eigenvalue weighted by molar-refractivity contribution is -0.122. The zero-order valence-corrected chi connectivity index (χ0v) is 15.3. The first-order valence-electron chi connectivity index (χ1n) is 9.31. The first kappa shape index (κ1) is 17.5. The summed E-state index contributed by atoms with van der Waals surface area (Å²) >= 11 is 5.89. The number of aromatic nitrogens is 2. The molecule has 0 radical (unpaired) electrons. The van der Waals surface area contributed by atoms with Crippen molar-refractivity contribution in [2.75, 3.05) is 6.54 Å². The van der Waals surface area contributed by atoms with Gasteiger partial charge in [0.2, 0.25) is 17.6 Å². The highest BCUT2D eigenvalue weighted by atomic mass is 35.5. The van der Waals surface area contributed by atoms with Crippen LogP contribution < -0.4 is 10.6 Å². The van der Waals surface area contributed by atoms with Crippen LogP contribution in [0.1, 0.15) is 38.0 Å². The first-order valence-corrected chi connectivity index (χ1v) is 9.69. The number of benzene rings is 1. The standard InChI is InChI=1S/C19H23ClN4O2/c20-14-7-5-12(6-8-14)18-23-17(26-24-18)9-10-21-19(25)16-11-13-3-1-2-4-15(13)22-16/h5-8,13,15-16,22H,1-4,9-11H2,(H,21,25). The van der Waals surface area contributed by atoms with Crippen LogP contribution in [-0.4, -0.2) is 34.7 Å². The molecule has 1 saturated heterocycles. The lowest BCUT2D eigenvalue weighted by Crippen LogP contribution is -2.43. The van der Waals surface area contributed by atoms with Crippen LogP contribution in [0.3, 0.4) is 0 Å². The highest BCUT2D eigenvalue weighted by Gasteiger charge is 2.37. The van der Waals surface area contributed by atoms with Crippen LogP contribution in [0.5, 0.6) is 0 Å². The van der Waals surface area contributed by atoms with Gasteiger partial charge in [-0.2, -0.15) is 4.98 Å². The average Bonchev–Trinajstić information content (AvgIpc) is 3.29. The molecule has 7 heteroatoms. The molecular weight excluding hydrogens is 352 g/mol. The molecule has 0 spiro atoms. The molecule has 2 aromatic rings. The fourth-order valence-electron chi connectivity index (χ4n) is 4.01. The number of fused-ring (bicyclic) bond motifs is 1. The third-order valence-electron chi connectivity index (χ3n) is 5.39. The summed E-state index contributed by atoms with van der Waals surface area (Å²) < 4.78 is 5.27. The number of rotatable bonds is 5. The number of hydrogen-bond acceptors (Lipinski definition) is 5. The predicted molar refractivity (Wildman–Crippen MR) is 98.7 cm³/mol. The summed E-state index contributed by atoms with van der Waals surface area (Å²) in [5.41, 5.74) is 0.853. The van der Waals surface area contributed by atoms with Crippen LogP contribution in [0, 0.1) is 5.92 Å². The third-order valence-corrected chi connectivity index (χ3v) is 5.64. The maximum atomic E-state index is 12.4. The molecule has 1 aromatic heterocycles. The van der Waals surface area contributed by atoms with Gasteiger partial charge in [-0.15, -0.1) is 0 Å². The molecule has 138 valence electrons. The van der Waals surface area contributed by atoms with E-state index >= 15 is 0 Å². The van der Waals surface area contributed by atoms with Crippen LogP contribution in [-0.2, 0) is 11.2 Å². The fraction of sp³-hybridized carbons (Fsp3) is 0.526. The summed E-state index contributed by atoms with van der Waals surface area (Å²) in [7, 11) is 0. The Kier molecular flexibility index (Phi) is 5.22. The summed E-state index contributed by atoms with van der Waals surface area (Å²) in [5.74, 6) is 1.79. The minimum Gasteiger partial charge on any atom is -0.354 e. The lowest BCUT2D eigenvalue weighted by atomic mass is 9.85. The van der Waals surface area contributed by atoms with Gasteiger partial charge in [-0.1, -0.05) is 29.6 Å². The van der Waals surface area contributed by atoms with Gasteiger partial charge in [0.25, 0.3) is 0 Å². The summed E-state index contributed by atoms with van der Waals surface area (Å²) in [4.78, 5) is 16.8. The van der Waals surface area contributed by atoms with Crippen molar-refractivity contribution in [3.05, 3.63) is 35.2 Å². The average molecular weight is 375 g/mol. The molecular formula is C19H23ClN4O2. The van der Waals surface area contributed by atoms with Crippen molar-refractivity contribution in [3.8, 4) is 11.4 Å². The Morgan fingerprint density at radius 1 is 1.27 bits per heavy atom. The van der Waals surface area contributed by atoms with Gasteiger partial charge < -0.3 is 15.2 Å². The van der Waals surface area contributed by atoms with E-state index in [1.165, 1.54) is 25.7 Å². The molecule has 2 fully saturated rings. The number of halogens is 1. The molecule has 1 amide bonds. The highest BCUT2D eigenvalue weighted by molar-refractivity contribution is 6.30. The summed E-state index contributed by atoms with van der Waals surface area (Å²) in [5, 5.41) is 11.1. The SMILES string of the molecule is O=C(NCCc1nc(-c2ccc(Cl)cc2)no1)C1CC2CCCCC2N1. The zero-order valence-electron chi connectivity index (χ0n) is 14.6. The minimum absolute atomic E-state index is 0.0598. The van der Waals surface area contributed by atoms with Crippen LogP contribution >= 0.6 is 11.6 Å². The summed E-state index contributed by atoms with van der Waals surface area (Å²) in [6.07, 6.45) is 6.49. The van der Waals surface area contributed by atoms with Crippen molar-refractivity contribution in [3.63, 3.8) is 0 Å². The molecule has 26 heavy (non-hydrogen) atoms. The summed E-state index contributed by atoms with van der Waals surface area (Å²) in [6.45, 7) is 0.495. The number of hydrogen-bond donors (Lipinski definition) is 2. The topological polar surface area (TPSA) is 80.1 Å². The van der Waals surface area contributed by atoms with E-state index in [-0.39, 0.29) is 11.9 Å². The maximum absolute atomic E-state index is 12.4. The van der Waals surface area contributed by atoms with Gasteiger partial charge in [-0.05, 0) is 49.4 Å². The molecule has 2 heterocycles. The van der Waals surface area contributed by atoms with E-state index in [1.54, 1.807) is 12.1 Å². The van der Waals surface area contributed by atoms with E-state index in [4.69, 9.17) is 16.1 Å². The third kappa shape index (κ3) is 3.91. The second kappa shape index (κ2) is 7.76.